The Morgan fingerprint density at radius 1 is 1.08 bits per heavy atom. The molecule has 0 bridgehead atoms. The Balaban J connectivity index is 1.78. The molecule has 5 aromatic rings. The van der Waals surface area contributed by atoms with E-state index in [1.165, 1.54) is 5.56 Å². The first-order chi connectivity index (χ1) is 18.6. The number of nitrogens with zero attached hydrogens (tertiary/aromatic N) is 5. The van der Waals surface area contributed by atoms with Crippen molar-refractivity contribution in [1.82, 2.24) is 9.67 Å². The summed E-state index contributed by atoms with van der Waals surface area (Å²) in [4.78, 5) is 8.89. The summed E-state index contributed by atoms with van der Waals surface area (Å²) >= 11 is 0. The molecule has 0 aliphatic carbocycles. The van der Waals surface area contributed by atoms with Gasteiger partial charge in [0.2, 0.25) is 17.8 Å². The van der Waals surface area contributed by atoms with Crippen LogP contribution in [0.4, 0.5) is 5.88 Å². The van der Waals surface area contributed by atoms with Gasteiger partial charge in [-0.15, -0.1) is 0 Å². The van der Waals surface area contributed by atoms with Crippen molar-refractivity contribution in [1.29, 1.82) is 0 Å². The molecule has 0 N–H and O–H groups in total. The molecule has 0 radical (unpaired) electrons. The zero-order valence-corrected chi connectivity index (χ0v) is 24.0. The molecule has 0 unspecified atom stereocenters. The fraction of sp³-hybridized carbons (Fsp3) is 0.273. The van der Waals surface area contributed by atoms with Crippen molar-refractivity contribution in [3.63, 3.8) is 0 Å². The molecule has 0 saturated heterocycles. The summed E-state index contributed by atoms with van der Waals surface area (Å²) in [5.74, 6) is 0.639. The zero-order chi connectivity index (χ0) is 27.9. The molecule has 0 aliphatic heterocycles. The average Bonchev–Trinajstić information content (AvgIpc) is 3.42. The summed E-state index contributed by atoms with van der Waals surface area (Å²) in [6, 6.07) is 12.9. The molecule has 4 aromatic heterocycles. The predicted molar refractivity (Wildman–Crippen MR) is 158 cm³/mol. The molecule has 0 saturated carbocycles. The number of benzene rings is 1. The standard InChI is InChI=1S/C33H37N5O/c1-9-25-11-12-27-24(5)32(35-10-2)39-31(27)30(25)28-19-26(33(6,7)8)15-17-36(28)21-38-23(4)14-18-37(38)29-20-34-16-13-22(29)3/h9-20H,1,21H2,2-8H3/q+2. The highest BCUT2D eigenvalue weighted by Gasteiger charge is 2.29. The van der Waals surface area contributed by atoms with Crippen molar-refractivity contribution in [2.45, 2.75) is 60.5 Å². The smallest absolute Gasteiger partial charge is 0.275 e. The van der Waals surface area contributed by atoms with Crippen molar-refractivity contribution in [3.8, 4) is 16.9 Å². The van der Waals surface area contributed by atoms with Gasteiger partial charge in [0.15, 0.2) is 11.8 Å². The van der Waals surface area contributed by atoms with E-state index in [2.05, 4.69) is 115 Å². The van der Waals surface area contributed by atoms with Gasteiger partial charge in [0, 0.05) is 47.1 Å². The van der Waals surface area contributed by atoms with Crippen molar-refractivity contribution >= 4 is 29.1 Å². The summed E-state index contributed by atoms with van der Waals surface area (Å²) in [5, 5.41) is 1.06. The maximum atomic E-state index is 6.44. The fourth-order valence-electron chi connectivity index (χ4n) is 5.04. The van der Waals surface area contributed by atoms with Gasteiger partial charge in [-0.25, -0.2) is 4.99 Å². The van der Waals surface area contributed by atoms with Gasteiger partial charge >= 0.3 is 0 Å². The highest BCUT2D eigenvalue weighted by molar-refractivity contribution is 5.99. The number of aryl methyl sites for hydroxylation is 3. The molecule has 39 heavy (non-hydrogen) atoms. The molecule has 5 rings (SSSR count). The largest absolute Gasteiger partial charge is 0.437 e. The first-order valence-electron chi connectivity index (χ1n) is 13.3. The summed E-state index contributed by atoms with van der Waals surface area (Å²) in [6.07, 6.45) is 11.7. The molecule has 0 atom stereocenters. The normalized spacial score (nSPS) is 12.1. The SMILES string of the molecule is C=Cc1ccc2c(C)c(N=CC)oc2c1-c1cc(C(C)(C)C)cc[n+]1Cn1c(C)cc[n+]1-c1cnccc1C. The van der Waals surface area contributed by atoms with Crippen LogP contribution in [0.2, 0.25) is 0 Å². The lowest BCUT2D eigenvalue weighted by molar-refractivity contribution is -0.767. The minimum Gasteiger partial charge on any atom is -0.437 e. The van der Waals surface area contributed by atoms with E-state index in [0.29, 0.717) is 12.6 Å². The second-order valence-electron chi connectivity index (χ2n) is 11.1. The lowest BCUT2D eigenvalue weighted by atomic mass is 9.86. The van der Waals surface area contributed by atoms with Gasteiger partial charge < -0.3 is 4.42 Å². The average molecular weight is 520 g/mol. The number of hydrogen-bond donors (Lipinski definition) is 0. The third-order valence-electron chi connectivity index (χ3n) is 7.41. The lowest BCUT2D eigenvalue weighted by Crippen LogP contribution is -2.50. The molecule has 0 spiro atoms. The van der Waals surface area contributed by atoms with Gasteiger partial charge in [-0.1, -0.05) is 54.9 Å². The molecular formula is C33H37N5O+2. The zero-order valence-electron chi connectivity index (χ0n) is 24.0. The fourth-order valence-corrected chi connectivity index (χ4v) is 5.04. The number of aromatic nitrogens is 4. The van der Waals surface area contributed by atoms with E-state index >= 15 is 0 Å². The summed E-state index contributed by atoms with van der Waals surface area (Å²) in [6.45, 7) is 19.7. The third-order valence-corrected chi connectivity index (χ3v) is 7.41. The second kappa shape index (κ2) is 10.1. The summed E-state index contributed by atoms with van der Waals surface area (Å²) < 4.78 is 13.2. The molecule has 0 amide bonds. The van der Waals surface area contributed by atoms with E-state index in [0.717, 1.165) is 50.3 Å². The minimum absolute atomic E-state index is 0.0249. The van der Waals surface area contributed by atoms with E-state index in [-0.39, 0.29) is 5.41 Å². The van der Waals surface area contributed by atoms with Crippen LogP contribution in [0.25, 0.3) is 34.0 Å². The second-order valence-corrected chi connectivity index (χ2v) is 11.1. The highest BCUT2D eigenvalue weighted by Crippen LogP contribution is 2.39. The van der Waals surface area contributed by atoms with Crippen LogP contribution in [0, 0.1) is 20.8 Å². The molecule has 6 nitrogen and oxygen atoms in total. The van der Waals surface area contributed by atoms with Crippen molar-refractivity contribution in [3.05, 3.63) is 95.7 Å². The first-order valence-corrected chi connectivity index (χ1v) is 13.3. The molecule has 0 aliphatic rings. The number of furan rings is 1. The van der Waals surface area contributed by atoms with Crippen molar-refractivity contribution < 1.29 is 13.7 Å². The van der Waals surface area contributed by atoms with Crippen LogP contribution >= 0.6 is 0 Å². The maximum absolute atomic E-state index is 6.44. The van der Waals surface area contributed by atoms with Gasteiger partial charge in [-0.2, -0.15) is 4.57 Å². The van der Waals surface area contributed by atoms with Gasteiger partial charge in [-0.05, 0) is 50.3 Å². The molecule has 198 valence electrons. The van der Waals surface area contributed by atoms with Crippen LogP contribution in [0.3, 0.4) is 0 Å². The molecular weight excluding hydrogens is 482 g/mol. The predicted octanol–water partition coefficient (Wildman–Crippen LogP) is 6.95. The van der Waals surface area contributed by atoms with Crippen molar-refractivity contribution in [2.24, 2.45) is 4.99 Å². The lowest BCUT2D eigenvalue weighted by Gasteiger charge is -2.19. The highest BCUT2D eigenvalue weighted by atomic mass is 16.3. The van der Waals surface area contributed by atoms with Crippen molar-refractivity contribution in [2.75, 3.05) is 0 Å². The summed E-state index contributed by atoms with van der Waals surface area (Å²) in [5.41, 5.74) is 9.53. The molecule has 1 aromatic carbocycles. The topological polar surface area (TPSA) is 51.1 Å². The third kappa shape index (κ3) is 4.71. The number of rotatable bonds is 6. The number of aliphatic imine (C=N–C) groups is 1. The number of hydrogen-bond acceptors (Lipinski definition) is 3. The number of pyridine rings is 2. The molecule has 6 heteroatoms. The van der Waals surface area contributed by atoms with Crippen LogP contribution < -0.4 is 9.25 Å². The maximum Gasteiger partial charge on any atom is 0.275 e. The Morgan fingerprint density at radius 2 is 1.87 bits per heavy atom. The monoisotopic (exact) mass is 519 g/mol. The van der Waals surface area contributed by atoms with E-state index in [4.69, 9.17) is 4.42 Å². The number of fused-ring (bicyclic) bond motifs is 1. The Kier molecular flexibility index (Phi) is 6.81. The van der Waals surface area contributed by atoms with Gasteiger partial charge in [0.25, 0.3) is 12.4 Å². The Bertz CT molecular complexity index is 1730. The summed E-state index contributed by atoms with van der Waals surface area (Å²) in [7, 11) is 0. The van der Waals surface area contributed by atoms with Gasteiger partial charge in [-0.3, -0.25) is 4.98 Å². The minimum atomic E-state index is -0.0249. The Hall–Kier alpha value is -4.32. The Morgan fingerprint density at radius 3 is 2.56 bits per heavy atom. The van der Waals surface area contributed by atoms with E-state index in [9.17, 15) is 0 Å². The van der Waals surface area contributed by atoms with E-state index in [1.807, 2.05) is 31.5 Å². The van der Waals surface area contributed by atoms with E-state index < -0.39 is 0 Å². The van der Waals surface area contributed by atoms with Crippen LogP contribution in [0.5, 0.6) is 0 Å². The molecule has 0 fully saturated rings. The van der Waals surface area contributed by atoms with Gasteiger partial charge in [0.1, 0.15) is 6.20 Å². The van der Waals surface area contributed by atoms with Crippen LogP contribution in [0.1, 0.15) is 55.6 Å². The molecule has 4 heterocycles. The van der Waals surface area contributed by atoms with E-state index in [1.54, 1.807) is 6.21 Å². The van der Waals surface area contributed by atoms with Gasteiger partial charge in [0.05, 0.1) is 11.3 Å². The van der Waals surface area contributed by atoms with Crippen LogP contribution in [0.15, 0.2) is 77.2 Å². The van der Waals surface area contributed by atoms with Crippen LogP contribution in [-0.4, -0.2) is 15.9 Å². The Labute approximate surface area is 230 Å². The van der Waals surface area contributed by atoms with Crippen LogP contribution in [-0.2, 0) is 12.1 Å². The first kappa shape index (κ1) is 26.3. The quantitative estimate of drug-likeness (QED) is 0.180.